The molecule has 1 aromatic heterocycles. The van der Waals surface area contributed by atoms with Gasteiger partial charge in [0, 0.05) is 30.6 Å². The highest BCUT2D eigenvalue weighted by molar-refractivity contribution is 5.97. The smallest absolute Gasteiger partial charge is 0.251 e. The molecule has 1 unspecified atom stereocenters. The van der Waals surface area contributed by atoms with Crippen LogP contribution in [0.3, 0.4) is 0 Å². The third-order valence-electron chi connectivity index (χ3n) is 5.59. The molecule has 2 aromatic rings. The lowest BCUT2D eigenvalue weighted by atomic mass is 9.94. The quantitative estimate of drug-likeness (QED) is 0.739. The van der Waals surface area contributed by atoms with Gasteiger partial charge in [0.25, 0.3) is 5.91 Å². The summed E-state index contributed by atoms with van der Waals surface area (Å²) in [7, 11) is 0. The molecule has 1 atom stereocenters. The zero-order chi connectivity index (χ0) is 22.5. The highest BCUT2D eigenvalue weighted by Gasteiger charge is 2.33. The van der Waals surface area contributed by atoms with Gasteiger partial charge in [0.05, 0.1) is 0 Å². The first-order valence-electron chi connectivity index (χ1n) is 10.6. The minimum atomic E-state index is -0.614. The number of piperidine rings is 1. The molecule has 1 aliphatic rings. The summed E-state index contributed by atoms with van der Waals surface area (Å²) >= 11 is 0. The molecule has 166 valence electrons. The van der Waals surface area contributed by atoms with Crippen LogP contribution in [-0.2, 0) is 9.59 Å². The lowest BCUT2D eigenvalue weighted by Gasteiger charge is -2.35. The Morgan fingerprint density at radius 2 is 1.74 bits per heavy atom. The lowest BCUT2D eigenvalue weighted by molar-refractivity contribution is -0.137. The Hall–Kier alpha value is -3.16. The van der Waals surface area contributed by atoms with Crippen molar-refractivity contribution in [2.24, 2.45) is 11.8 Å². The number of anilines is 1. The highest BCUT2D eigenvalue weighted by Crippen LogP contribution is 2.21. The first-order valence-corrected chi connectivity index (χ1v) is 10.6. The second kappa shape index (κ2) is 9.76. The van der Waals surface area contributed by atoms with Crippen molar-refractivity contribution in [2.75, 3.05) is 18.4 Å². The topological polar surface area (TPSA) is 105 Å². The number of likely N-dealkylation sites (tertiary alicyclic amines) is 1. The standard InChI is InChI=1S/C23H30N4O4/c1-14(2)20(25-22(29)17-7-5-15(3)6-8-17)23(30)27-11-9-18(10-12-27)21(28)24-19-13-16(4)31-26-19/h5-8,13-14,18,20H,9-12H2,1-4H3,(H,25,29)(H,24,26,28). The van der Waals surface area contributed by atoms with E-state index < -0.39 is 6.04 Å². The maximum atomic E-state index is 13.1. The summed E-state index contributed by atoms with van der Waals surface area (Å²) in [6, 6.07) is 8.31. The maximum absolute atomic E-state index is 13.1. The van der Waals surface area contributed by atoms with Gasteiger partial charge in [-0.3, -0.25) is 14.4 Å². The van der Waals surface area contributed by atoms with Gasteiger partial charge in [0.15, 0.2) is 5.82 Å². The van der Waals surface area contributed by atoms with Crippen LogP contribution in [0.25, 0.3) is 0 Å². The Labute approximate surface area is 182 Å². The van der Waals surface area contributed by atoms with Crippen molar-refractivity contribution in [3.63, 3.8) is 0 Å². The fourth-order valence-electron chi connectivity index (χ4n) is 3.66. The van der Waals surface area contributed by atoms with Gasteiger partial charge in [-0.1, -0.05) is 36.7 Å². The molecule has 0 saturated carbocycles. The number of nitrogens with one attached hydrogen (secondary N) is 2. The molecule has 1 aliphatic heterocycles. The molecule has 3 rings (SSSR count). The van der Waals surface area contributed by atoms with E-state index in [-0.39, 0.29) is 29.6 Å². The molecule has 0 spiro atoms. The summed E-state index contributed by atoms with van der Waals surface area (Å²) in [5.74, 6) is 0.293. The fraction of sp³-hybridized carbons (Fsp3) is 0.478. The van der Waals surface area contributed by atoms with E-state index in [9.17, 15) is 14.4 Å². The second-order valence-electron chi connectivity index (χ2n) is 8.47. The Bertz CT molecular complexity index is 927. The SMILES string of the molecule is Cc1ccc(C(=O)NC(C(=O)N2CCC(C(=O)Nc3cc(C)on3)CC2)C(C)C)cc1. The fourth-order valence-corrected chi connectivity index (χ4v) is 3.66. The van der Waals surface area contributed by atoms with Crippen LogP contribution >= 0.6 is 0 Å². The Kier molecular flexibility index (Phi) is 7.09. The van der Waals surface area contributed by atoms with Gasteiger partial charge >= 0.3 is 0 Å². The largest absolute Gasteiger partial charge is 0.360 e. The van der Waals surface area contributed by atoms with E-state index in [1.807, 2.05) is 32.9 Å². The van der Waals surface area contributed by atoms with Crippen molar-refractivity contribution in [3.8, 4) is 0 Å². The zero-order valence-corrected chi connectivity index (χ0v) is 18.5. The van der Waals surface area contributed by atoms with Gasteiger partial charge < -0.3 is 20.1 Å². The molecule has 2 N–H and O–H groups in total. The average Bonchev–Trinajstić information content (AvgIpc) is 3.16. The first kappa shape index (κ1) is 22.5. The van der Waals surface area contributed by atoms with E-state index in [1.54, 1.807) is 30.0 Å². The van der Waals surface area contributed by atoms with Crippen molar-refractivity contribution in [3.05, 3.63) is 47.2 Å². The molecule has 8 heteroatoms. The molecule has 31 heavy (non-hydrogen) atoms. The number of hydrogen-bond acceptors (Lipinski definition) is 5. The third-order valence-corrected chi connectivity index (χ3v) is 5.59. The Balaban J connectivity index is 1.56. The predicted octanol–water partition coefficient (Wildman–Crippen LogP) is 2.92. The molecule has 2 heterocycles. The minimum Gasteiger partial charge on any atom is -0.360 e. The molecule has 1 fully saturated rings. The molecule has 8 nitrogen and oxygen atoms in total. The number of rotatable bonds is 6. The Morgan fingerprint density at radius 3 is 2.29 bits per heavy atom. The van der Waals surface area contributed by atoms with Crippen molar-refractivity contribution in [2.45, 2.75) is 46.6 Å². The van der Waals surface area contributed by atoms with Crippen LogP contribution in [0.5, 0.6) is 0 Å². The summed E-state index contributed by atoms with van der Waals surface area (Å²) in [5.41, 5.74) is 1.60. The normalized spacial score (nSPS) is 15.6. The summed E-state index contributed by atoms with van der Waals surface area (Å²) in [6.45, 7) is 8.49. The van der Waals surface area contributed by atoms with Gasteiger partial charge in [-0.25, -0.2) is 0 Å². The number of nitrogens with zero attached hydrogens (tertiary/aromatic N) is 2. The molecule has 0 aliphatic carbocycles. The number of carbonyl (C=O) groups excluding carboxylic acids is 3. The molecule has 0 bridgehead atoms. The van der Waals surface area contributed by atoms with E-state index >= 15 is 0 Å². The second-order valence-corrected chi connectivity index (χ2v) is 8.47. The van der Waals surface area contributed by atoms with Crippen LogP contribution in [0, 0.1) is 25.7 Å². The number of hydrogen-bond donors (Lipinski definition) is 2. The number of carbonyl (C=O) groups is 3. The van der Waals surface area contributed by atoms with Gasteiger partial charge in [0.2, 0.25) is 11.8 Å². The summed E-state index contributed by atoms with van der Waals surface area (Å²) in [4.78, 5) is 40.0. The number of benzene rings is 1. The molecular weight excluding hydrogens is 396 g/mol. The minimum absolute atomic E-state index is 0.0571. The number of amides is 3. The van der Waals surface area contributed by atoms with E-state index in [1.165, 1.54) is 0 Å². The van der Waals surface area contributed by atoms with E-state index in [2.05, 4.69) is 15.8 Å². The van der Waals surface area contributed by atoms with Crippen molar-refractivity contribution < 1.29 is 18.9 Å². The molecular formula is C23H30N4O4. The van der Waals surface area contributed by atoms with Crippen LogP contribution < -0.4 is 10.6 Å². The van der Waals surface area contributed by atoms with Crippen molar-refractivity contribution in [1.82, 2.24) is 15.4 Å². The molecule has 1 saturated heterocycles. The van der Waals surface area contributed by atoms with Gasteiger partial charge in [-0.15, -0.1) is 0 Å². The van der Waals surface area contributed by atoms with Gasteiger partial charge in [-0.2, -0.15) is 0 Å². The Morgan fingerprint density at radius 1 is 1.10 bits per heavy atom. The van der Waals surface area contributed by atoms with E-state index in [0.29, 0.717) is 43.1 Å². The number of aromatic nitrogens is 1. The zero-order valence-electron chi connectivity index (χ0n) is 18.5. The highest BCUT2D eigenvalue weighted by atomic mass is 16.5. The van der Waals surface area contributed by atoms with Crippen LogP contribution in [-0.4, -0.2) is 46.9 Å². The van der Waals surface area contributed by atoms with Gasteiger partial charge in [0.1, 0.15) is 11.8 Å². The summed E-state index contributed by atoms with van der Waals surface area (Å²) in [5, 5.41) is 9.43. The van der Waals surface area contributed by atoms with E-state index in [4.69, 9.17) is 4.52 Å². The molecule has 0 radical (unpaired) electrons. The average molecular weight is 427 g/mol. The van der Waals surface area contributed by atoms with Crippen LogP contribution in [0.2, 0.25) is 0 Å². The van der Waals surface area contributed by atoms with Crippen LogP contribution in [0.4, 0.5) is 5.82 Å². The molecule has 1 aromatic carbocycles. The van der Waals surface area contributed by atoms with Crippen molar-refractivity contribution >= 4 is 23.5 Å². The number of aryl methyl sites for hydroxylation is 2. The summed E-state index contributed by atoms with van der Waals surface area (Å²) < 4.78 is 4.97. The monoisotopic (exact) mass is 426 g/mol. The maximum Gasteiger partial charge on any atom is 0.251 e. The summed E-state index contributed by atoms with van der Waals surface area (Å²) in [6.07, 6.45) is 1.12. The predicted molar refractivity (Wildman–Crippen MR) is 116 cm³/mol. The van der Waals surface area contributed by atoms with Crippen molar-refractivity contribution in [1.29, 1.82) is 0 Å². The molecule has 3 amide bonds. The van der Waals surface area contributed by atoms with Crippen LogP contribution in [0.15, 0.2) is 34.9 Å². The van der Waals surface area contributed by atoms with Crippen LogP contribution in [0.1, 0.15) is 48.4 Å². The first-order chi connectivity index (χ1) is 14.7. The third kappa shape index (κ3) is 5.71. The lowest BCUT2D eigenvalue weighted by Crippen LogP contribution is -2.53. The van der Waals surface area contributed by atoms with E-state index in [0.717, 1.165) is 5.56 Å². The van der Waals surface area contributed by atoms with Gasteiger partial charge in [-0.05, 0) is 44.7 Å².